The fourth-order valence-corrected chi connectivity index (χ4v) is 2.31. The van der Waals surface area contributed by atoms with E-state index in [9.17, 15) is 9.59 Å². The van der Waals surface area contributed by atoms with Gasteiger partial charge >= 0.3 is 0 Å². The first-order chi connectivity index (χ1) is 8.65. The normalized spacial score (nSPS) is 21.5. The maximum absolute atomic E-state index is 11.8. The van der Waals surface area contributed by atoms with Crippen molar-refractivity contribution in [3.63, 3.8) is 0 Å². The number of hydrogen-bond donors (Lipinski definition) is 0. The zero-order chi connectivity index (χ0) is 12.7. The summed E-state index contributed by atoms with van der Waals surface area (Å²) in [4.78, 5) is 24.5. The van der Waals surface area contributed by atoms with Crippen LogP contribution in [0.25, 0.3) is 0 Å². The number of carbonyl (C=O) groups excluding carboxylic acids is 2. The van der Waals surface area contributed by atoms with Crippen LogP contribution in [0.5, 0.6) is 11.5 Å². The van der Waals surface area contributed by atoms with Gasteiger partial charge in [0.1, 0.15) is 0 Å². The first-order valence-electron chi connectivity index (χ1n) is 5.54. The number of hydrogen-bond acceptors (Lipinski definition) is 4. The van der Waals surface area contributed by atoms with Crippen molar-refractivity contribution in [3.8, 4) is 11.5 Å². The van der Waals surface area contributed by atoms with Crippen LogP contribution in [0.2, 0.25) is 0 Å². The van der Waals surface area contributed by atoms with Crippen LogP contribution in [0, 0.1) is 5.92 Å². The standard InChI is InChI=1S/C12H10ClNO4/c13-12(16)7-3-11(15)14(5-7)8-1-2-9-10(4-8)18-6-17-9/h1-2,4,7H,3,5-6H2. The second kappa shape index (κ2) is 4.17. The van der Waals surface area contributed by atoms with E-state index in [2.05, 4.69) is 0 Å². The molecule has 1 saturated heterocycles. The Balaban J connectivity index is 1.87. The zero-order valence-electron chi connectivity index (χ0n) is 9.39. The summed E-state index contributed by atoms with van der Waals surface area (Å²) in [5.41, 5.74) is 0.699. The molecule has 1 aromatic rings. The van der Waals surface area contributed by atoms with E-state index in [1.807, 2.05) is 0 Å². The van der Waals surface area contributed by atoms with E-state index < -0.39 is 11.2 Å². The molecule has 0 aliphatic carbocycles. The second-order valence-corrected chi connectivity index (χ2v) is 4.62. The Morgan fingerprint density at radius 2 is 2.11 bits per heavy atom. The van der Waals surface area contributed by atoms with Crippen LogP contribution in [0.4, 0.5) is 5.69 Å². The SMILES string of the molecule is O=C(Cl)C1CC(=O)N(c2ccc3c(c2)OCO3)C1. The molecule has 1 aromatic carbocycles. The predicted octanol–water partition coefficient (Wildman–Crippen LogP) is 1.53. The van der Waals surface area contributed by atoms with Crippen LogP contribution in [0.1, 0.15) is 6.42 Å². The highest BCUT2D eigenvalue weighted by Gasteiger charge is 2.34. The molecule has 0 N–H and O–H groups in total. The Bertz CT molecular complexity index is 531. The molecular weight excluding hydrogens is 258 g/mol. The van der Waals surface area contributed by atoms with Crippen LogP contribution < -0.4 is 14.4 Å². The number of halogens is 1. The summed E-state index contributed by atoms with van der Waals surface area (Å²) in [6.07, 6.45) is 0.163. The molecule has 1 atom stereocenters. The third-order valence-corrected chi connectivity index (χ3v) is 3.42. The van der Waals surface area contributed by atoms with E-state index in [0.29, 0.717) is 23.7 Å². The Morgan fingerprint density at radius 1 is 1.33 bits per heavy atom. The summed E-state index contributed by atoms with van der Waals surface area (Å²) in [6.45, 7) is 0.510. The van der Waals surface area contributed by atoms with Crippen molar-refractivity contribution in [1.82, 2.24) is 0 Å². The minimum absolute atomic E-state index is 0.104. The van der Waals surface area contributed by atoms with Gasteiger partial charge in [-0.05, 0) is 23.7 Å². The number of carbonyl (C=O) groups is 2. The van der Waals surface area contributed by atoms with Gasteiger partial charge < -0.3 is 14.4 Å². The van der Waals surface area contributed by atoms with E-state index in [4.69, 9.17) is 21.1 Å². The van der Waals surface area contributed by atoms with E-state index in [-0.39, 0.29) is 19.1 Å². The lowest BCUT2D eigenvalue weighted by molar-refractivity contribution is -0.120. The van der Waals surface area contributed by atoms with Crippen molar-refractivity contribution < 1.29 is 19.1 Å². The van der Waals surface area contributed by atoms with Crippen molar-refractivity contribution in [3.05, 3.63) is 18.2 Å². The molecule has 0 spiro atoms. The molecule has 2 heterocycles. The van der Waals surface area contributed by atoms with Gasteiger partial charge in [-0.15, -0.1) is 0 Å². The topological polar surface area (TPSA) is 55.8 Å². The lowest BCUT2D eigenvalue weighted by Crippen LogP contribution is -2.25. The number of ether oxygens (including phenoxy) is 2. The van der Waals surface area contributed by atoms with E-state index in [1.54, 1.807) is 23.1 Å². The summed E-state index contributed by atoms with van der Waals surface area (Å²) in [5.74, 6) is 0.744. The van der Waals surface area contributed by atoms with Crippen LogP contribution >= 0.6 is 11.6 Å². The first kappa shape index (κ1) is 11.3. The smallest absolute Gasteiger partial charge is 0.231 e. The Labute approximate surface area is 108 Å². The highest BCUT2D eigenvalue weighted by atomic mass is 35.5. The number of benzene rings is 1. The molecule has 0 radical (unpaired) electrons. The first-order valence-corrected chi connectivity index (χ1v) is 5.92. The Kier molecular flexibility index (Phi) is 2.63. The van der Waals surface area contributed by atoms with Gasteiger partial charge in [0.25, 0.3) is 0 Å². The summed E-state index contributed by atoms with van der Waals surface area (Å²) in [6, 6.07) is 5.26. The van der Waals surface area contributed by atoms with Crippen LogP contribution in [-0.4, -0.2) is 24.5 Å². The van der Waals surface area contributed by atoms with E-state index in [1.165, 1.54) is 0 Å². The predicted molar refractivity (Wildman–Crippen MR) is 63.9 cm³/mol. The zero-order valence-corrected chi connectivity index (χ0v) is 10.1. The molecule has 18 heavy (non-hydrogen) atoms. The van der Waals surface area contributed by atoms with Gasteiger partial charge in [0.15, 0.2) is 11.5 Å². The number of fused-ring (bicyclic) bond motifs is 1. The summed E-state index contributed by atoms with van der Waals surface area (Å²) < 4.78 is 10.5. The third-order valence-electron chi connectivity index (χ3n) is 3.11. The molecule has 0 bridgehead atoms. The minimum atomic E-state index is -0.466. The molecule has 2 aliphatic rings. The summed E-state index contributed by atoms with van der Waals surface area (Å²) in [5, 5.41) is -0.466. The van der Waals surface area contributed by atoms with Crippen molar-refractivity contribution in [1.29, 1.82) is 0 Å². The van der Waals surface area contributed by atoms with Gasteiger partial charge in [-0.25, -0.2) is 0 Å². The highest BCUT2D eigenvalue weighted by Crippen LogP contribution is 2.37. The maximum atomic E-state index is 11.8. The Hall–Kier alpha value is -1.75. The average molecular weight is 268 g/mol. The van der Waals surface area contributed by atoms with Crippen LogP contribution in [0.15, 0.2) is 18.2 Å². The van der Waals surface area contributed by atoms with Gasteiger partial charge in [0, 0.05) is 24.7 Å². The summed E-state index contributed by atoms with van der Waals surface area (Å²) >= 11 is 5.43. The molecule has 1 unspecified atom stereocenters. The van der Waals surface area contributed by atoms with E-state index >= 15 is 0 Å². The van der Waals surface area contributed by atoms with Gasteiger partial charge in [-0.3, -0.25) is 9.59 Å². The number of nitrogens with zero attached hydrogens (tertiary/aromatic N) is 1. The minimum Gasteiger partial charge on any atom is -0.454 e. The van der Waals surface area contributed by atoms with Gasteiger partial charge in [0.2, 0.25) is 17.9 Å². The highest BCUT2D eigenvalue weighted by molar-refractivity contribution is 6.64. The largest absolute Gasteiger partial charge is 0.454 e. The van der Waals surface area contributed by atoms with Gasteiger partial charge in [-0.1, -0.05) is 0 Å². The molecule has 0 aromatic heterocycles. The molecule has 5 nitrogen and oxygen atoms in total. The number of anilines is 1. The molecular formula is C12H10ClNO4. The lowest BCUT2D eigenvalue weighted by atomic mass is 10.1. The van der Waals surface area contributed by atoms with Gasteiger partial charge in [-0.2, -0.15) is 0 Å². The third kappa shape index (κ3) is 1.80. The van der Waals surface area contributed by atoms with Crippen molar-refractivity contribution in [2.75, 3.05) is 18.2 Å². The molecule has 6 heteroatoms. The van der Waals surface area contributed by atoms with Crippen molar-refractivity contribution >= 4 is 28.4 Å². The fourth-order valence-electron chi connectivity index (χ4n) is 2.16. The van der Waals surface area contributed by atoms with Crippen molar-refractivity contribution in [2.24, 2.45) is 5.92 Å². The molecule has 2 aliphatic heterocycles. The van der Waals surface area contributed by atoms with E-state index in [0.717, 1.165) is 0 Å². The summed E-state index contributed by atoms with van der Waals surface area (Å²) in [7, 11) is 0. The molecule has 3 rings (SSSR count). The quantitative estimate of drug-likeness (QED) is 0.763. The van der Waals surface area contributed by atoms with Crippen molar-refractivity contribution in [2.45, 2.75) is 6.42 Å². The van der Waals surface area contributed by atoms with Crippen LogP contribution in [0.3, 0.4) is 0 Å². The monoisotopic (exact) mass is 267 g/mol. The molecule has 0 saturated carbocycles. The van der Waals surface area contributed by atoms with Crippen LogP contribution in [-0.2, 0) is 9.59 Å². The Morgan fingerprint density at radius 3 is 2.83 bits per heavy atom. The second-order valence-electron chi connectivity index (χ2n) is 4.25. The average Bonchev–Trinajstić information content (AvgIpc) is 2.93. The number of amides is 1. The lowest BCUT2D eigenvalue weighted by Gasteiger charge is -2.16. The van der Waals surface area contributed by atoms with Gasteiger partial charge in [0.05, 0.1) is 5.92 Å². The molecule has 1 fully saturated rings. The maximum Gasteiger partial charge on any atom is 0.231 e. The fraction of sp³-hybridized carbons (Fsp3) is 0.333. The molecule has 1 amide bonds. The molecule has 94 valence electrons. The number of rotatable bonds is 2.